The topological polar surface area (TPSA) is 65.3 Å². The molecule has 2 rings (SSSR count). The molecule has 0 fully saturated rings. The van der Waals surface area contributed by atoms with Crippen LogP contribution in [0.2, 0.25) is 0 Å². The molecule has 1 heterocycles. The minimum atomic E-state index is -0.350. The van der Waals surface area contributed by atoms with Crippen LogP contribution in [0.3, 0.4) is 0 Å². The number of rotatable bonds is 5. The molecular formula is C14H17N3O3. The molecule has 0 saturated heterocycles. The summed E-state index contributed by atoms with van der Waals surface area (Å²) in [5, 5.41) is 0. The summed E-state index contributed by atoms with van der Waals surface area (Å²) >= 11 is 0. The zero-order valence-electron chi connectivity index (χ0n) is 11.5. The van der Waals surface area contributed by atoms with E-state index in [2.05, 4.69) is 5.48 Å². The van der Waals surface area contributed by atoms with Gasteiger partial charge in [-0.3, -0.25) is 18.8 Å². The van der Waals surface area contributed by atoms with Gasteiger partial charge in [0, 0.05) is 25.9 Å². The van der Waals surface area contributed by atoms with Gasteiger partial charge in [0.05, 0.1) is 13.2 Å². The van der Waals surface area contributed by atoms with Crippen molar-refractivity contribution in [3.63, 3.8) is 0 Å². The summed E-state index contributed by atoms with van der Waals surface area (Å²) in [5.41, 5.74) is 3.70. The first-order valence-electron chi connectivity index (χ1n) is 6.24. The highest BCUT2D eigenvalue weighted by Crippen LogP contribution is 1.99. The van der Waals surface area contributed by atoms with Gasteiger partial charge in [-0.15, -0.1) is 0 Å². The third-order valence-electron chi connectivity index (χ3n) is 3.06. The Hall–Kier alpha value is -2.18. The molecule has 1 N–H and O–H groups in total. The minimum Gasteiger partial charge on any atom is -0.299 e. The summed E-state index contributed by atoms with van der Waals surface area (Å²) in [4.78, 5) is 28.6. The summed E-state index contributed by atoms with van der Waals surface area (Å²) in [6.07, 6.45) is 0. The smallest absolute Gasteiger partial charge is 0.299 e. The molecule has 0 aliphatic heterocycles. The first-order chi connectivity index (χ1) is 9.59. The Kier molecular flexibility index (Phi) is 4.49. The first kappa shape index (κ1) is 14.2. The summed E-state index contributed by atoms with van der Waals surface area (Å²) in [6, 6.07) is 11.1. The van der Waals surface area contributed by atoms with Crippen molar-refractivity contribution < 1.29 is 4.84 Å². The maximum atomic E-state index is 11.7. The number of hydrogen-bond acceptors (Lipinski definition) is 4. The van der Waals surface area contributed by atoms with Crippen molar-refractivity contribution in [3.8, 4) is 0 Å². The second-order valence-corrected chi connectivity index (χ2v) is 4.47. The summed E-state index contributed by atoms with van der Waals surface area (Å²) in [5.74, 6) is 0. The SMILES string of the molecule is Cn1c(CNOCc2ccccc2)cc(=O)n(C)c1=O. The van der Waals surface area contributed by atoms with Gasteiger partial charge in [0.15, 0.2) is 0 Å². The van der Waals surface area contributed by atoms with E-state index in [0.29, 0.717) is 12.3 Å². The summed E-state index contributed by atoms with van der Waals surface area (Å²) < 4.78 is 2.48. The molecule has 1 aromatic heterocycles. The highest BCUT2D eigenvalue weighted by molar-refractivity contribution is 5.13. The quantitative estimate of drug-likeness (QED) is 0.630. The molecule has 6 nitrogen and oxygen atoms in total. The van der Waals surface area contributed by atoms with Crippen molar-refractivity contribution in [2.75, 3.05) is 0 Å². The van der Waals surface area contributed by atoms with Gasteiger partial charge in [-0.2, -0.15) is 5.48 Å². The lowest BCUT2D eigenvalue weighted by Gasteiger charge is -2.10. The Morgan fingerprint density at radius 3 is 2.50 bits per heavy atom. The molecule has 1 aromatic carbocycles. The van der Waals surface area contributed by atoms with Crippen molar-refractivity contribution in [2.24, 2.45) is 14.1 Å². The van der Waals surface area contributed by atoms with Crippen LogP contribution in [0, 0.1) is 0 Å². The summed E-state index contributed by atoms with van der Waals surface area (Å²) in [6.45, 7) is 0.703. The Balaban J connectivity index is 1.95. The molecule has 0 radical (unpaired) electrons. The van der Waals surface area contributed by atoms with E-state index in [1.165, 1.54) is 17.7 Å². The average molecular weight is 275 g/mol. The van der Waals surface area contributed by atoms with Crippen molar-refractivity contribution in [2.45, 2.75) is 13.2 Å². The van der Waals surface area contributed by atoms with E-state index in [1.807, 2.05) is 30.3 Å². The molecule has 0 atom stereocenters. The molecule has 20 heavy (non-hydrogen) atoms. The maximum Gasteiger partial charge on any atom is 0.330 e. The van der Waals surface area contributed by atoms with Crippen LogP contribution in [-0.2, 0) is 32.1 Å². The lowest BCUT2D eigenvalue weighted by atomic mass is 10.2. The van der Waals surface area contributed by atoms with E-state index < -0.39 is 0 Å². The first-order valence-corrected chi connectivity index (χ1v) is 6.24. The molecule has 0 aliphatic rings. The second-order valence-electron chi connectivity index (χ2n) is 4.47. The molecule has 0 spiro atoms. The van der Waals surface area contributed by atoms with E-state index >= 15 is 0 Å². The molecule has 0 aliphatic carbocycles. The van der Waals surface area contributed by atoms with Gasteiger partial charge in [0.2, 0.25) is 0 Å². The lowest BCUT2D eigenvalue weighted by Crippen LogP contribution is -2.39. The number of hydrogen-bond donors (Lipinski definition) is 1. The fourth-order valence-electron chi connectivity index (χ4n) is 1.78. The Bertz CT molecular complexity index is 689. The van der Waals surface area contributed by atoms with Gasteiger partial charge in [-0.25, -0.2) is 4.79 Å². The van der Waals surface area contributed by atoms with E-state index in [4.69, 9.17) is 4.84 Å². The second kappa shape index (κ2) is 6.31. The Morgan fingerprint density at radius 2 is 1.80 bits per heavy atom. The number of aromatic nitrogens is 2. The standard InChI is InChI=1S/C14H17N3O3/c1-16-12(8-13(18)17(2)14(16)19)9-15-20-10-11-6-4-3-5-7-11/h3-8,15H,9-10H2,1-2H3. The third-order valence-corrected chi connectivity index (χ3v) is 3.06. The van der Waals surface area contributed by atoms with Crippen LogP contribution in [0.1, 0.15) is 11.3 Å². The predicted molar refractivity (Wildman–Crippen MR) is 75.0 cm³/mol. The van der Waals surface area contributed by atoms with Crippen LogP contribution in [0.25, 0.3) is 0 Å². The minimum absolute atomic E-state index is 0.286. The van der Waals surface area contributed by atoms with Crippen LogP contribution in [0.5, 0.6) is 0 Å². The molecule has 0 bridgehead atoms. The lowest BCUT2D eigenvalue weighted by molar-refractivity contribution is 0.0222. The number of nitrogens with one attached hydrogen (secondary N) is 1. The molecule has 0 saturated carbocycles. The van der Waals surface area contributed by atoms with Gasteiger partial charge < -0.3 is 0 Å². The Morgan fingerprint density at radius 1 is 1.10 bits per heavy atom. The van der Waals surface area contributed by atoms with Crippen molar-refractivity contribution in [1.29, 1.82) is 0 Å². The van der Waals surface area contributed by atoms with Gasteiger partial charge in [0.1, 0.15) is 0 Å². The van der Waals surface area contributed by atoms with E-state index in [1.54, 1.807) is 7.05 Å². The highest BCUT2D eigenvalue weighted by Gasteiger charge is 2.05. The summed E-state index contributed by atoms with van der Waals surface area (Å²) in [7, 11) is 3.07. The van der Waals surface area contributed by atoms with Gasteiger partial charge >= 0.3 is 5.69 Å². The molecule has 0 unspecified atom stereocenters. The van der Waals surface area contributed by atoms with E-state index in [9.17, 15) is 9.59 Å². The predicted octanol–water partition coefficient (Wildman–Crippen LogP) is 0.305. The largest absolute Gasteiger partial charge is 0.330 e. The fourth-order valence-corrected chi connectivity index (χ4v) is 1.78. The van der Waals surface area contributed by atoms with E-state index in [-0.39, 0.29) is 17.8 Å². The van der Waals surface area contributed by atoms with Gasteiger partial charge in [-0.1, -0.05) is 30.3 Å². The van der Waals surface area contributed by atoms with Crippen LogP contribution >= 0.6 is 0 Å². The van der Waals surface area contributed by atoms with Crippen molar-refractivity contribution in [1.82, 2.24) is 14.6 Å². The Labute approximate surface area is 116 Å². The van der Waals surface area contributed by atoms with Crippen LogP contribution < -0.4 is 16.7 Å². The molecular weight excluding hydrogens is 258 g/mol. The number of hydroxylamine groups is 1. The van der Waals surface area contributed by atoms with Crippen LogP contribution in [0.15, 0.2) is 46.0 Å². The average Bonchev–Trinajstić information content (AvgIpc) is 2.47. The van der Waals surface area contributed by atoms with Crippen LogP contribution in [-0.4, -0.2) is 9.13 Å². The van der Waals surface area contributed by atoms with Crippen molar-refractivity contribution in [3.05, 3.63) is 68.5 Å². The zero-order chi connectivity index (χ0) is 14.5. The monoisotopic (exact) mass is 275 g/mol. The van der Waals surface area contributed by atoms with Gasteiger partial charge in [0.25, 0.3) is 5.56 Å². The third kappa shape index (κ3) is 3.23. The van der Waals surface area contributed by atoms with Crippen LogP contribution in [0.4, 0.5) is 0 Å². The van der Waals surface area contributed by atoms with E-state index in [0.717, 1.165) is 10.1 Å². The molecule has 2 aromatic rings. The normalized spacial score (nSPS) is 10.7. The maximum absolute atomic E-state index is 11.7. The fraction of sp³-hybridized carbons (Fsp3) is 0.286. The zero-order valence-corrected chi connectivity index (χ0v) is 11.5. The molecule has 106 valence electrons. The van der Waals surface area contributed by atoms with Gasteiger partial charge in [-0.05, 0) is 5.56 Å². The molecule has 0 amide bonds. The van der Waals surface area contributed by atoms with Crippen molar-refractivity contribution >= 4 is 0 Å². The number of benzene rings is 1. The highest BCUT2D eigenvalue weighted by atomic mass is 16.6. The number of nitrogens with zero attached hydrogens (tertiary/aromatic N) is 2. The molecule has 6 heteroatoms.